The zero-order valence-corrected chi connectivity index (χ0v) is 13.3. The average Bonchev–Trinajstić information content (AvgIpc) is 2.44. The summed E-state index contributed by atoms with van der Waals surface area (Å²) in [5.41, 5.74) is -2.21. The molecule has 0 saturated carbocycles. The highest BCUT2D eigenvalue weighted by Gasteiger charge is 2.16. The van der Waals surface area contributed by atoms with Crippen molar-refractivity contribution in [3.63, 3.8) is 0 Å². The number of alkyl carbamates (subject to hydrolysis) is 1. The third kappa shape index (κ3) is 7.25. The van der Waals surface area contributed by atoms with Gasteiger partial charge in [0.2, 0.25) is 12.2 Å². The molecule has 0 atom stereocenters. The van der Waals surface area contributed by atoms with Crippen molar-refractivity contribution < 1.29 is 14.3 Å². The summed E-state index contributed by atoms with van der Waals surface area (Å²) in [5.74, 6) is -0.392. The predicted molar refractivity (Wildman–Crippen MR) is 79.8 cm³/mol. The maximum absolute atomic E-state index is 11.5. The lowest BCUT2D eigenvalue weighted by Gasteiger charge is -2.19. The summed E-state index contributed by atoms with van der Waals surface area (Å²) in [6, 6.07) is 0. The van der Waals surface area contributed by atoms with Gasteiger partial charge in [-0.25, -0.2) is 9.89 Å². The van der Waals surface area contributed by atoms with Crippen molar-refractivity contribution in [3.05, 3.63) is 27.0 Å². The van der Waals surface area contributed by atoms with Gasteiger partial charge in [0.05, 0.1) is 6.54 Å². The molecule has 1 heterocycles. The second-order valence-corrected chi connectivity index (χ2v) is 5.67. The first kappa shape index (κ1) is 18.4. The zero-order chi connectivity index (χ0) is 17.5. The van der Waals surface area contributed by atoms with E-state index in [0.717, 1.165) is 4.57 Å². The molecule has 23 heavy (non-hydrogen) atoms. The van der Waals surface area contributed by atoms with E-state index in [9.17, 15) is 19.2 Å². The molecule has 0 aromatic carbocycles. The molecular formula is C13H20N5O5. The van der Waals surface area contributed by atoms with Crippen LogP contribution in [-0.2, 0) is 16.1 Å². The summed E-state index contributed by atoms with van der Waals surface area (Å²) in [7, 11) is 0. The second kappa shape index (κ2) is 8.11. The van der Waals surface area contributed by atoms with E-state index in [-0.39, 0.29) is 19.6 Å². The van der Waals surface area contributed by atoms with Crippen LogP contribution < -0.4 is 21.8 Å². The van der Waals surface area contributed by atoms with Gasteiger partial charge in [0.25, 0.3) is 0 Å². The van der Waals surface area contributed by atoms with Crippen LogP contribution in [-0.4, -0.2) is 45.5 Å². The van der Waals surface area contributed by atoms with Crippen LogP contribution in [0.15, 0.2) is 9.59 Å². The van der Waals surface area contributed by atoms with Crippen LogP contribution in [0.5, 0.6) is 0 Å². The lowest BCUT2D eigenvalue weighted by Crippen LogP contribution is -2.40. The Bertz CT molecular complexity index is 658. The third-order valence-electron chi connectivity index (χ3n) is 2.44. The first-order valence-electron chi connectivity index (χ1n) is 7.00. The van der Waals surface area contributed by atoms with Gasteiger partial charge in [0.15, 0.2) is 0 Å². The third-order valence-corrected chi connectivity index (χ3v) is 2.44. The molecule has 0 aliphatic rings. The number of carbonyl (C=O) groups excluding carboxylic acids is 2. The molecule has 0 saturated heterocycles. The van der Waals surface area contributed by atoms with Crippen LogP contribution in [0, 0.1) is 6.33 Å². The van der Waals surface area contributed by atoms with Crippen molar-refractivity contribution in [2.75, 3.05) is 13.1 Å². The van der Waals surface area contributed by atoms with Crippen LogP contribution in [0.1, 0.15) is 27.2 Å². The van der Waals surface area contributed by atoms with Crippen molar-refractivity contribution in [1.29, 1.82) is 0 Å². The highest BCUT2D eigenvalue weighted by molar-refractivity contribution is 5.82. The SMILES string of the molecule is CC(C)(C)OC(=O)NCC(=O)NCCCn1[c]n[nH]c(=O)c1=O. The molecule has 1 rings (SSSR count). The molecule has 2 amide bonds. The number of ether oxygens (including phenoxy) is 1. The van der Waals surface area contributed by atoms with Gasteiger partial charge in [0.1, 0.15) is 5.60 Å². The Morgan fingerprint density at radius 2 is 2.00 bits per heavy atom. The van der Waals surface area contributed by atoms with Crippen LogP contribution in [0.3, 0.4) is 0 Å². The lowest BCUT2D eigenvalue weighted by atomic mass is 10.2. The molecular weight excluding hydrogens is 306 g/mol. The van der Waals surface area contributed by atoms with Crippen molar-refractivity contribution in [2.24, 2.45) is 0 Å². The van der Waals surface area contributed by atoms with Gasteiger partial charge in [-0.2, -0.15) is 5.10 Å². The Hall–Kier alpha value is -2.65. The Morgan fingerprint density at radius 3 is 2.65 bits per heavy atom. The van der Waals surface area contributed by atoms with Gasteiger partial charge in [-0.15, -0.1) is 0 Å². The van der Waals surface area contributed by atoms with E-state index in [1.807, 2.05) is 5.10 Å². The maximum atomic E-state index is 11.5. The molecule has 0 fully saturated rings. The number of hydrogen-bond acceptors (Lipinski definition) is 6. The van der Waals surface area contributed by atoms with E-state index < -0.39 is 28.7 Å². The molecule has 3 N–H and O–H groups in total. The summed E-state index contributed by atoms with van der Waals surface area (Å²) in [6.07, 6.45) is 2.06. The molecule has 10 heteroatoms. The summed E-state index contributed by atoms with van der Waals surface area (Å²) in [6.45, 7) is 5.39. The van der Waals surface area contributed by atoms with Gasteiger partial charge < -0.3 is 15.4 Å². The number of hydrogen-bond donors (Lipinski definition) is 3. The van der Waals surface area contributed by atoms with Crippen LogP contribution in [0.2, 0.25) is 0 Å². The number of aromatic amines is 1. The smallest absolute Gasteiger partial charge is 0.408 e. The van der Waals surface area contributed by atoms with Gasteiger partial charge in [-0.05, 0) is 27.2 Å². The Balaban J connectivity index is 2.24. The summed E-state index contributed by atoms with van der Waals surface area (Å²) in [4.78, 5) is 45.3. The summed E-state index contributed by atoms with van der Waals surface area (Å²) < 4.78 is 6.02. The van der Waals surface area contributed by atoms with Crippen molar-refractivity contribution >= 4 is 12.0 Å². The van der Waals surface area contributed by atoms with Crippen molar-refractivity contribution in [3.8, 4) is 0 Å². The topological polar surface area (TPSA) is 135 Å². The summed E-state index contributed by atoms with van der Waals surface area (Å²) in [5, 5.41) is 10.2. The lowest BCUT2D eigenvalue weighted by molar-refractivity contribution is -0.120. The quantitative estimate of drug-likeness (QED) is 0.442. The number of amides is 2. The zero-order valence-electron chi connectivity index (χ0n) is 13.3. The molecule has 127 valence electrons. The van der Waals surface area contributed by atoms with E-state index in [0.29, 0.717) is 6.42 Å². The first-order valence-corrected chi connectivity index (χ1v) is 7.00. The van der Waals surface area contributed by atoms with E-state index >= 15 is 0 Å². The van der Waals surface area contributed by atoms with Gasteiger partial charge >= 0.3 is 17.2 Å². The fraction of sp³-hybridized carbons (Fsp3) is 0.615. The molecule has 1 aromatic heterocycles. The minimum atomic E-state index is -0.825. The van der Waals surface area contributed by atoms with E-state index in [4.69, 9.17) is 4.74 Å². The van der Waals surface area contributed by atoms with E-state index in [1.165, 1.54) is 0 Å². The molecule has 0 unspecified atom stereocenters. The Labute approximate surface area is 132 Å². The molecule has 0 spiro atoms. The first-order chi connectivity index (χ1) is 10.7. The number of rotatable bonds is 6. The number of nitrogens with zero attached hydrogens (tertiary/aromatic N) is 2. The number of aromatic nitrogens is 3. The molecule has 1 aromatic rings. The minimum Gasteiger partial charge on any atom is -0.444 e. The largest absolute Gasteiger partial charge is 0.444 e. The molecule has 10 nitrogen and oxygen atoms in total. The standard InChI is InChI=1S/C13H20N5O5/c1-13(2,3)23-12(22)15-7-9(19)14-5-4-6-18-8-16-17-10(20)11(18)21/h4-7H2,1-3H3,(H,14,19)(H,15,22)(H,17,20). The van der Waals surface area contributed by atoms with Crippen LogP contribution in [0.25, 0.3) is 0 Å². The molecule has 0 bridgehead atoms. The van der Waals surface area contributed by atoms with Gasteiger partial charge in [0, 0.05) is 13.1 Å². The van der Waals surface area contributed by atoms with Crippen LogP contribution in [0.4, 0.5) is 4.79 Å². The van der Waals surface area contributed by atoms with Crippen LogP contribution >= 0.6 is 0 Å². The normalized spacial score (nSPS) is 10.9. The Morgan fingerprint density at radius 1 is 1.30 bits per heavy atom. The number of H-pyrrole nitrogens is 1. The van der Waals surface area contributed by atoms with Crippen molar-refractivity contribution in [1.82, 2.24) is 25.4 Å². The predicted octanol–water partition coefficient (Wildman–Crippen LogP) is -1.24. The molecule has 0 aliphatic carbocycles. The highest BCUT2D eigenvalue weighted by Crippen LogP contribution is 2.05. The Kier molecular flexibility index (Phi) is 6.49. The maximum Gasteiger partial charge on any atom is 0.408 e. The summed E-state index contributed by atoms with van der Waals surface area (Å²) >= 11 is 0. The van der Waals surface area contributed by atoms with Gasteiger partial charge in [-0.1, -0.05) is 0 Å². The van der Waals surface area contributed by atoms with Crippen molar-refractivity contribution in [2.45, 2.75) is 39.3 Å². The minimum absolute atomic E-state index is 0.190. The molecule has 0 aliphatic heterocycles. The monoisotopic (exact) mass is 326 g/mol. The fourth-order valence-electron chi connectivity index (χ4n) is 1.50. The number of aryl methyl sites for hydroxylation is 1. The van der Waals surface area contributed by atoms with E-state index in [1.54, 1.807) is 20.8 Å². The molecule has 1 radical (unpaired) electrons. The second-order valence-electron chi connectivity index (χ2n) is 5.67. The average molecular weight is 326 g/mol. The van der Waals surface area contributed by atoms with Gasteiger partial charge in [-0.3, -0.25) is 19.0 Å². The highest BCUT2D eigenvalue weighted by atomic mass is 16.6. The fourth-order valence-corrected chi connectivity index (χ4v) is 1.50. The van der Waals surface area contributed by atoms with E-state index in [2.05, 4.69) is 22.1 Å². The number of carbonyl (C=O) groups is 2. The number of nitrogens with one attached hydrogen (secondary N) is 3.